The Balaban J connectivity index is 1.41. The quantitative estimate of drug-likeness (QED) is 0.356. The van der Waals surface area contributed by atoms with E-state index in [2.05, 4.69) is 25.9 Å². The number of pyridine rings is 1. The molecule has 0 fully saturated rings. The molecule has 3 aromatic rings. The minimum Gasteiger partial charge on any atom is -0.363 e. The number of imidazole rings is 1. The number of amides is 2. The van der Waals surface area contributed by atoms with Crippen molar-refractivity contribution in [3.8, 4) is 0 Å². The molecule has 4 rings (SSSR count). The molecule has 14 heteroatoms. The number of hydrogen-bond acceptors (Lipinski definition) is 8. The van der Waals surface area contributed by atoms with Gasteiger partial charge in [0.15, 0.2) is 5.82 Å². The summed E-state index contributed by atoms with van der Waals surface area (Å²) in [6.45, 7) is 0.687. The zero-order valence-corrected chi connectivity index (χ0v) is 18.1. The van der Waals surface area contributed by atoms with Gasteiger partial charge in [0.2, 0.25) is 5.82 Å². The number of hydrogen-bond donors (Lipinski definition) is 4. The van der Waals surface area contributed by atoms with Crippen molar-refractivity contribution >= 4 is 17.5 Å². The van der Waals surface area contributed by atoms with Crippen LogP contribution in [0.25, 0.3) is 5.82 Å². The van der Waals surface area contributed by atoms with Crippen LogP contribution in [0.15, 0.2) is 73.3 Å². The lowest BCUT2D eigenvalue weighted by molar-refractivity contribution is -0.306. The highest BCUT2D eigenvalue weighted by atomic mass is 19.4. The number of aromatic nitrogens is 3. The maximum absolute atomic E-state index is 12.9. The molecular weight excluding hydrogens is 469 g/mol. The molecule has 0 unspecified atom stereocenters. The molecule has 11 nitrogen and oxygen atoms in total. The van der Waals surface area contributed by atoms with Crippen LogP contribution in [0, 0.1) is 0 Å². The molecule has 2 aromatic heterocycles. The second-order valence-corrected chi connectivity index (χ2v) is 7.23. The van der Waals surface area contributed by atoms with Gasteiger partial charge in [-0.2, -0.15) is 18.2 Å². The van der Waals surface area contributed by atoms with Crippen molar-refractivity contribution in [3.63, 3.8) is 0 Å². The number of nitrogens with one attached hydrogen (secondary N) is 3. The minimum atomic E-state index is -4.49. The van der Waals surface area contributed by atoms with Crippen LogP contribution >= 0.6 is 0 Å². The number of benzene rings is 1. The van der Waals surface area contributed by atoms with Crippen LogP contribution in [0.2, 0.25) is 0 Å². The average molecular weight is 490 g/mol. The predicted octanol–water partition coefficient (Wildman–Crippen LogP) is 2.53. The first-order chi connectivity index (χ1) is 16.8. The van der Waals surface area contributed by atoms with E-state index in [0.29, 0.717) is 11.8 Å². The molecule has 2 amide bonds. The van der Waals surface area contributed by atoms with Gasteiger partial charge in [-0.15, -0.1) is 4.94 Å². The third kappa shape index (κ3) is 5.80. The van der Waals surface area contributed by atoms with Gasteiger partial charge in [0, 0.05) is 44.4 Å². The second kappa shape index (κ2) is 10.3. The van der Waals surface area contributed by atoms with Crippen molar-refractivity contribution in [1.82, 2.24) is 35.7 Å². The Hall–Kier alpha value is -4.30. The van der Waals surface area contributed by atoms with Crippen molar-refractivity contribution < 1.29 is 28.1 Å². The van der Waals surface area contributed by atoms with E-state index in [1.807, 2.05) is 6.07 Å². The van der Waals surface area contributed by atoms with E-state index < -0.39 is 17.8 Å². The molecule has 0 aliphatic carbocycles. The van der Waals surface area contributed by atoms with E-state index in [-0.39, 0.29) is 30.4 Å². The number of carbonyl (C=O) groups is 1. The largest absolute Gasteiger partial charge is 0.416 e. The standard InChI is InChI=1S/C21H21F3N8O3/c22-21(23,24)16-3-5-17(6-4-16)31-19(30-11-10-26-14-30)18(32(34)35-31)27-8-9-28-20(33)29-13-15-2-1-7-25-12-15/h1-7,10-12,14,27,34H,8-9,13H2,(H2,28,29,33). The SMILES string of the molecule is O=C(NCCNC1=C(n2ccnc2)N(c2ccc(C(F)(F)F)cc2)ON1O)NCc1cccnc1. The van der Waals surface area contributed by atoms with Gasteiger partial charge in [-0.25, -0.2) is 9.78 Å². The molecule has 0 atom stereocenters. The average Bonchev–Trinajstić information content (AvgIpc) is 3.48. The highest BCUT2D eigenvalue weighted by Gasteiger charge is 2.35. The van der Waals surface area contributed by atoms with Crippen molar-refractivity contribution in [2.75, 3.05) is 18.2 Å². The van der Waals surface area contributed by atoms with E-state index in [4.69, 9.17) is 4.94 Å². The van der Waals surface area contributed by atoms with Gasteiger partial charge < -0.3 is 16.0 Å². The summed E-state index contributed by atoms with van der Waals surface area (Å²) in [4.78, 5) is 25.3. The predicted molar refractivity (Wildman–Crippen MR) is 117 cm³/mol. The number of alkyl halides is 3. The van der Waals surface area contributed by atoms with Gasteiger partial charge in [-0.3, -0.25) is 14.8 Å². The molecule has 0 spiro atoms. The smallest absolute Gasteiger partial charge is 0.363 e. The number of anilines is 1. The molecule has 0 radical (unpaired) electrons. The van der Waals surface area contributed by atoms with Crippen LogP contribution in [0.4, 0.5) is 23.7 Å². The second-order valence-electron chi connectivity index (χ2n) is 7.23. The molecule has 0 bridgehead atoms. The van der Waals surface area contributed by atoms with E-state index in [0.717, 1.165) is 22.8 Å². The Morgan fingerprint density at radius 2 is 1.86 bits per heavy atom. The highest BCUT2D eigenvalue weighted by molar-refractivity contribution is 5.73. The molecule has 184 valence electrons. The van der Waals surface area contributed by atoms with Crippen molar-refractivity contribution in [3.05, 3.63) is 84.5 Å². The van der Waals surface area contributed by atoms with Gasteiger partial charge >= 0.3 is 12.2 Å². The molecule has 0 saturated carbocycles. The lowest BCUT2D eigenvalue weighted by Gasteiger charge is -2.19. The molecule has 4 N–H and O–H groups in total. The van der Waals surface area contributed by atoms with Gasteiger partial charge in [-0.05, 0) is 35.9 Å². The van der Waals surface area contributed by atoms with E-state index in [9.17, 15) is 23.2 Å². The first-order valence-electron chi connectivity index (χ1n) is 10.3. The third-order valence-electron chi connectivity index (χ3n) is 4.81. The summed E-state index contributed by atoms with van der Waals surface area (Å²) in [5, 5.41) is 20.2. The lowest BCUT2D eigenvalue weighted by Crippen LogP contribution is -2.39. The molecule has 1 aromatic carbocycles. The van der Waals surface area contributed by atoms with Crippen LogP contribution in [0.3, 0.4) is 0 Å². The number of halogens is 3. The number of rotatable bonds is 8. The molecular formula is C21H21F3N8O3. The zero-order valence-electron chi connectivity index (χ0n) is 18.1. The summed E-state index contributed by atoms with van der Waals surface area (Å²) in [5.74, 6) is 0.325. The van der Waals surface area contributed by atoms with Crippen LogP contribution in [-0.4, -0.2) is 44.1 Å². The number of hydroxylamine groups is 3. The summed E-state index contributed by atoms with van der Waals surface area (Å²) >= 11 is 0. The fraction of sp³-hybridized carbons (Fsp3) is 0.190. The van der Waals surface area contributed by atoms with Crippen LogP contribution < -0.4 is 21.0 Å². The number of nitrogens with zero attached hydrogens (tertiary/aromatic N) is 5. The van der Waals surface area contributed by atoms with E-state index >= 15 is 0 Å². The van der Waals surface area contributed by atoms with Gasteiger partial charge in [-0.1, -0.05) is 11.3 Å². The molecule has 3 heterocycles. The lowest BCUT2D eigenvalue weighted by atomic mass is 10.2. The molecule has 0 saturated heterocycles. The number of carbonyl (C=O) groups excluding carboxylic acids is 1. The van der Waals surface area contributed by atoms with Crippen LogP contribution in [-0.2, 0) is 17.7 Å². The van der Waals surface area contributed by atoms with E-state index in [1.54, 1.807) is 24.7 Å². The van der Waals surface area contributed by atoms with Crippen molar-refractivity contribution in [2.24, 2.45) is 0 Å². The third-order valence-corrected chi connectivity index (χ3v) is 4.81. The first kappa shape index (κ1) is 23.8. The maximum Gasteiger partial charge on any atom is 0.416 e. The topological polar surface area (TPSA) is 120 Å². The van der Waals surface area contributed by atoms with Gasteiger partial charge in [0.1, 0.15) is 6.33 Å². The molecule has 35 heavy (non-hydrogen) atoms. The zero-order chi connectivity index (χ0) is 24.8. The summed E-state index contributed by atoms with van der Waals surface area (Å²) in [6.07, 6.45) is 3.29. The number of urea groups is 1. The minimum absolute atomic E-state index is 0.0838. The Bertz CT molecular complexity index is 1150. The van der Waals surface area contributed by atoms with E-state index in [1.165, 1.54) is 29.2 Å². The summed E-state index contributed by atoms with van der Waals surface area (Å²) < 4.78 is 40.3. The Kier molecular flexibility index (Phi) is 7.03. The Labute approximate surface area is 197 Å². The monoisotopic (exact) mass is 490 g/mol. The fourth-order valence-electron chi connectivity index (χ4n) is 3.16. The van der Waals surface area contributed by atoms with Crippen molar-refractivity contribution in [1.29, 1.82) is 0 Å². The maximum atomic E-state index is 12.9. The normalized spacial score (nSPS) is 13.8. The Morgan fingerprint density at radius 3 is 2.51 bits per heavy atom. The molecule has 1 aliphatic rings. The first-order valence-corrected chi connectivity index (χ1v) is 10.3. The van der Waals surface area contributed by atoms with Crippen molar-refractivity contribution in [2.45, 2.75) is 12.7 Å². The van der Waals surface area contributed by atoms with Crippen LogP contribution in [0.1, 0.15) is 11.1 Å². The molecule has 1 aliphatic heterocycles. The summed E-state index contributed by atoms with van der Waals surface area (Å²) in [5.41, 5.74) is 0.254. The Morgan fingerprint density at radius 1 is 1.06 bits per heavy atom. The summed E-state index contributed by atoms with van der Waals surface area (Å²) in [6, 6.07) is 7.45. The van der Waals surface area contributed by atoms with Gasteiger partial charge in [0.25, 0.3) is 0 Å². The highest BCUT2D eigenvalue weighted by Crippen LogP contribution is 2.34. The van der Waals surface area contributed by atoms with Crippen LogP contribution in [0.5, 0.6) is 0 Å². The fourth-order valence-corrected chi connectivity index (χ4v) is 3.16. The summed E-state index contributed by atoms with van der Waals surface area (Å²) in [7, 11) is 0. The van der Waals surface area contributed by atoms with Gasteiger partial charge in [0.05, 0.1) is 11.3 Å².